The number of carboxylic acids is 1. The van der Waals surface area contributed by atoms with Crippen LogP contribution in [0.2, 0.25) is 0 Å². The third kappa shape index (κ3) is 12.2. The lowest BCUT2D eigenvalue weighted by Crippen LogP contribution is -2.27. The van der Waals surface area contributed by atoms with Gasteiger partial charge < -0.3 is 20.3 Å². The van der Waals surface area contributed by atoms with E-state index in [-0.39, 0.29) is 6.42 Å². The average molecular weight is 478 g/mol. The molecule has 0 spiro atoms. The fraction of sp³-hybridized carbons (Fsp3) is 0.462. The van der Waals surface area contributed by atoms with E-state index in [9.17, 15) is 9.59 Å². The summed E-state index contributed by atoms with van der Waals surface area (Å²) in [6.45, 7) is 8.11. The van der Waals surface area contributed by atoms with Crippen molar-refractivity contribution in [2.24, 2.45) is 5.73 Å². The Morgan fingerprint density at radius 2 is 1.73 bits per heavy atom. The molecule has 0 heterocycles. The number of ether oxygens (including phenoxy) is 2. The molecule has 2 aromatic carbocycles. The third-order valence-electron chi connectivity index (χ3n) is 4.55. The Hall–Kier alpha value is -2.73. The number of halogens is 1. The van der Waals surface area contributed by atoms with Crippen LogP contribution in [-0.2, 0) is 22.4 Å². The number of nitrogens with two attached hydrogens (primary N) is 1. The summed E-state index contributed by atoms with van der Waals surface area (Å²) in [7, 11) is 0. The van der Waals surface area contributed by atoms with Crippen molar-refractivity contribution in [3.63, 3.8) is 0 Å². The highest BCUT2D eigenvalue weighted by Gasteiger charge is 2.12. The molecule has 0 aliphatic rings. The van der Waals surface area contributed by atoms with Crippen molar-refractivity contribution >= 4 is 23.7 Å². The van der Waals surface area contributed by atoms with E-state index in [1.165, 1.54) is 11.1 Å². The van der Waals surface area contributed by atoms with Gasteiger partial charge in [-0.25, -0.2) is 4.79 Å². The molecule has 3 N–H and O–H groups in total. The normalized spacial score (nSPS) is 10.7. The molecule has 0 aliphatic heterocycles. The number of carbonyl (C=O) groups excluding carboxylic acids is 1. The Labute approximate surface area is 202 Å². The van der Waals surface area contributed by atoms with E-state index < -0.39 is 17.7 Å². The minimum Gasteiger partial charge on any atom is -0.494 e. The first-order valence-corrected chi connectivity index (χ1v) is 11.7. The maximum atomic E-state index is 10.7. The molecule has 0 atom stereocenters. The van der Waals surface area contributed by atoms with E-state index in [2.05, 4.69) is 35.9 Å². The van der Waals surface area contributed by atoms with E-state index in [0.717, 1.165) is 36.1 Å². The van der Waals surface area contributed by atoms with Crippen molar-refractivity contribution in [3.05, 3.63) is 53.6 Å². The molecule has 0 aliphatic carbocycles. The Morgan fingerprint density at radius 1 is 1.06 bits per heavy atom. The Balaban J connectivity index is 0.000000582. The van der Waals surface area contributed by atoms with Gasteiger partial charge in [-0.05, 0) is 80.8 Å². The van der Waals surface area contributed by atoms with Crippen molar-refractivity contribution in [1.82, 2.24) is 0 Å². The van der Waals surface area contributed by atoms with Gasteiger partial charge in [0, 0.05) is 12.3 Å². The zero-order valence-electron chi connectivity index (χ0n) is 20.0. The van der Waals surface area contributed by atoms with Crippen LogP contribution in [0.1, 0.15) is 58.1 Å². The number of aryl methyl sites for hydroxylation is 2. The number of hydrogen-bond acceptors (Lipinski definition) is 4. The third-order valence-corrected chi connectivity index (χ3v) is 4.82. The molecule has 7 heteroatoms. The minimum absolute atomic E-state index is 0.162. The lowest BCUT2D eigenvalue weighted by Gasteiger charge is -2.16. The molecule has 0 radical (unpaired) electrons. The summed E-state index contributed by atoms with van der Waals surface area (Å²) in [6, 6.07) is 14.4. The van der Waals surface area contributed by atoms with Gasteiger partial charge in [-0.1, -0.05) is 37.3 Å². The molecule has 182 valence electrons. The van der Waals surface area contributed by atoms with E-state index in [0.29, 0.717) is 18.9 Å². The number of amides is 1. The number of carboxylic acid groups (broad SMARTS) is 1. The summed E-state index contributed by atoms with van der Waals surface area (Å²) in [5.41, 5.74) is 8.89. The molecule has 6 nitrogen and oxygen atoms in total. The molecule has 0 aromatic heterocycles. The summed E-state index contributed by atoms with van der Waals surface area (Å²) in [5.74, 6) is 0.803. The number of primary amides is 1. The van der Waals surface area contributed by atoms with Gasteiger partial charge in [0.25, 0.3) is 0 Å². The fourth-order valence-corrected chi connectivity index (χ4v) is 3.21. The predicted octanol–water partition coefficient (Wildman–Crippen LogP) is 6.21. The molecule has 1 amide bonds. The van der Waals surface area contributed by atoms with Crippen molar-refractivity contribution in [3.8, 4) is 16.9 Å². The fourth-order valence-electron chi connectivity index (χ4n) is 3.02. The number of carbonyl (C=O) groups is 2. The first-order valence-electron chi connectivity index (χ1n) is 11.2. The minimum atomic E-state index is -0.765. The molecule has 2 aromatic rings. The van der Waals surface area contributed by atoms with Gasteiger partial charge in [-0.3, -0.25) is 4.79 Å². The highest BCUT2D eigenvalue weighted by Crippen LogP contribution is 2.28. The molecular weight excluding hydrogens is 442 g/mol. The molecule has 0 unspecified atom stereocenters. The van der Waals surface area contributed by atoms with Crippen LogP contribution in [0.15, 0.2) is 42.5 Å². The van der Waals surface area contributed by atoms with Crippen LogP contribution >= 0.6 is 11.6 Å². The number of rotatable bonds is 10. The second-order valence-electron chi connectivity index (χ2n) is 8.54. The van der Waals surface area contributed by atoms with Gasteiger partial charge in [-0.2, -0.15) is 0 Å². The SMILES string of the molecule is CC(C)(C)OC(N)=O.CCc1cc(OCCCCCl)ccc1-c1ccc(CCC(=O)O)cc1. The average Bonchev–Trinajstić information content (AvgIpc) is 2.74. The zero-order chi connectivity index (χ0) is 24.9. The van der Waals surface area contributed by atoms with Crippen molar-refractivity contribution in [2.45, 2.75) is 65.4 Å². The van der Waals surface area contributed by atoms with E-state index in [1.807, 2.05) is 18.2 Å². The summed E-state index contributed by atoms with van der Waals surface area (Å²) in [6.07, 6.45) is 2.85. The standard InChI is InChI=1S/C21H25ClO3.C5H11NO2/c1-2-17-15-19(25-14-4-3-13-22)10-11-20(17)18-8-5-16(6-9-18)7-12-21(23)24;1-5(2,3)8-4(6)7/h5-6,8-11,15H,2-4,7,12-14H2,1H3,(H,23,24);1-3H3,(H2,6,7). The molecule has 0 bridgehead atoms. The van der Waals surface area contributed by atoms with Gasteiger partial charge in [0.15, 0.2) is 0 Å². The van der Waals surface area contributed by atoms with Crippen LogP contribution in [0.3, 0.4) is 0 Å². The van der Waals surface area contributed by atoms with Crippen LogP contribution in [0.4, 0.5) is 4.79 Å². The van der Waals surface area contributed by atoms with Crippen molar-refractivity contribution in [2.75, 3.05) is 12.5 Å². The topological polar surface area (TPSA) is 98.9 Å². The first-order chi connectivity index (χ1) is 15.6. The maximum Gasteiger partial charge on any atom is 0.405 e. The molecule has 2 rings (SSSR count). The number of aliphatic carboxylic acids is 1. The van der Waals surface area contributed by atoms with Crippen LogP contribution in [-0.4, -0.2) is 35.3 Å². The van der Waals surface area contributed by atoms with E-state index >= 15 is 0 Å². The number of benzene rings is 2. The smallest absolute Gasteiger partial charge is 0.405 e. The molecular formula is C26H36ClNO5. The predicted molar refractivity (Wildman–Crippen MR) is 133 cm³/mol. The summed E-state index contributed by atoms with van der Waals surface area (Å²) < 4.78 is 10.4. The molecule has 0 saturated carbocycles. The van der Waals surface area contributed by atoms with Crippen LogP contribution in [0, 0.1) is 0 Å². The zero-order valence-corrected chi connectivity index (χ0v) is 20.8. The first kappa shape index (κ1) is 28.3. The monoisotopic (exact) mass is 477 g/mol. The molecule has 0 fully saturated rings. The van der Waals surface area contributed by atoms with Crippen molar-refractivity contribution < 1.29 is 24.2 Å². The second-order valence-corrected chi connectivity index (χ2v) is 8.92. The maximum absolute atomic E-state index is 10.7. The summed E-state index contributed by atoms with van der Waals surface area (Å²) >= 11 is 5.68. The van der Waals surface area contributed by atoms with Gasteiger partial charge >= 0.3 is 12.1 Å². The van der Waals surface area contributed by atoms with E-state index in [4.69, 9.17) is 27.2 Å². The van der Waals surface area contributed by atoms with Gasteiger partial charge in [0.05, 0.1) is 6.61 Å². The molecule has 0 saturated heterocycles. The Bertz CT molecular complexity index is 875. The Kier molecular flexibility index (Phi) is 12.4. The van der Waals surface area contributed by atoms with E-state index in [1.54, 1.807) is 20.8 Å². The van der Waals surface area contributed by atoms with Gasteiger partial charge in [0.1, 0.15) is 11.4 Å². The number of unbranched alkanes of at least 4 members (excludes halogenated alkanes) is 1. The number of hydrogen-bond donors (Lipinski definition) is 2. The molecule has 33 heavy (non-hydrogen) atoms. The van der Waals surface area contributed by atoms with Crippen LogP contribution in [0.5, 0.6) is 5.75 Å². The lowest BCUT2D eigenvalue weighted by molar-refractivity contribution is -0.136. The summed E-state index contributed by atoms with van der Waals surface area (Å²) in [4.78, 5) is 20.7. The Morgan fingerprint density at radius 3 is 2.21 bits per heavy atom. The quantitative estimate of drug-likeness (QED) is 0.313. The highest BCUT2D eigenvalue weighted by molar-refractivity contribution is 6.17. The van der Waals surface area contributed by atoms with Gasteiger partial charge in [0.2, 0.25) is 0 Å². The highest BCUT2D eigenvalue weighted by atomic mass is 35.5. The largest absolute Gasteiger partial charge is 0.494 e. The van der Waals surface area contributed by atoms with Crippen LogP contribution < -0.4 is 10.5 Å². The van der Waals surface area contributed by atoms with Crippen LogP contribution in [0.25, 0.3) is 11.1 Å². The second kappa shape index (κ2) is 14.4. The van der Waals surface area contributed by atoms with Crippen molar-refractivity contribution in [1.29, 1.82) is 0 Å². The summed E-state index contributed by atoms with van der Waals surface area (Å²) in [5, 5.41) is 8.77. The van der Waals surface area contributed by atoms with Gasteiger partial charge in [-0.15, -0.1) is 11.6 Å². The number of alkyl halides is 1. The lowest BCUT2D eigenvalue weighted by atomic mass is 9.96.